The van der Waals surface area contributed by atoms with Gasteiger partial charge in [0.25, 0.3) is 0 Å². The van der Waals surface area contributed by atoms with E-state index in [1.54, 1.807) is 12.1 Å². The van der Waals surface area contributed by atoms with Gasteiger partial charge in [0.05, 0.1) is 18.2 Å². The van der Waals surface area contributed by atoms with Crippen LogP contribution >= 0.6 is 0 Å². The van der Waals surface area contributed by atoms with Gasteiger partial charge in [0.2, 0.25) is 0 Å². The Morgan fingerprint density at radius 3 is 2.43 bits per heavy atom. The van der Waals surface area contributed by atoms with Gasteiger partial charge in [-0.3, -0.25) is 0 Å². The summed E-state index contributed by atoms with van der Waals surface area (Å²) >= 11 is 0. The first-order valence-electron chi connectivity index (χ1n) is 7.50. The van der Waals surface area contributed by atoms with Crippen molar-refractivity contribution in [1.29, 1.82) is 0 Å². The van der Waals surface area contributed by atoms with Gasteiger partial charge in [-0.05, 0) is 51.0 Å². The largest absolute Gasteiger partial charge is 0.491 e. The number of carbonyl (C=O) groups excluding carboxylic acids is 1. The van der Waals surface area contributed by atoms with Gasteiger partial charge in [0.1, 0.15) is 5.75 Å². The minimum Gasteiger partial charge on any atom is -0.491 e. The molecule has 2 rings (SSSR count). The first-order chi connectivity index (χ1) is 10.0. The molecule has 0 bridgehead atoms. The van der Waals surface area contributed by atoms with E-state index in [0.29, 0.717) is 5.69 Å². The van der Waals surface area contributed by atoms with Crippen LogP contribution in [-0.2, 0) is 0 Å². The number of urea groups is 1. The molecule has 3 N–H and O–H groups in total. The molecule has 1 aliphatic rings. The number of aliphatic hydroxyl groups excluding tert-OH is 1. The lowest BCUT2D eigenvalue weighted by molar-refractivity contribution is 0.167. The van der Waals surface area contributed by atoms with Crippen LogP contribution in [0, 0.1) is 0 Å². The molecule has 5 nitrogen and oxygen atoms in total. The Balaban J connectivity index is 1.90. The molecule has 0 spiro atoms. The number of aliphatic hydroxyl groups is 1. The highest BCUT2D eigenvalue weighted by Crippen LogP contribution is 2.29. The third-order valence-corrected chi connectivity index (χ3v) is 3.73. The number of benzene rings is 1. The van der Waals surface area contributed by atoms with Crippen molar-refractivity contribution in [2.45, 2.75) is 51.2 Å². The van der Waals surface area contributed by atoms with Crippen LogP contribution in [0.4, 0.5) is 10.5 Å². The molecule has 0 atom stereocenters. The van der Waals surface area contributed by atoms with Crippen LogP contribution in [0.3, 0.4) is 0 Å². The lowest BCUT2D eigenvalue weighted by atomic mass is 9.99. The Bertz CT molecular complexity index is 465. The molecule has 1 aliphatic carbocycles. The lowest BCUT2D eigenvalue weighted by Gasteiger charge is -2.28. The molecule has 0 unspecified atom stereocenters. The van der Waals surface area contributed by atoms with Crippen molar-refractivity contribution in [3.63, 3.8) is 0 Å². The molecule has 1 aromatic carbocycles. The monoisotopic (exact) mass is 292 g/mol. The zero-order valence-corrected chi connectivity index (χ0v) is 12.7. The van der Waals surface area contributed by atoms with Gasteiger partial charge in [-0.25, -0.2) is 4.79 Å². The molecule has 1 fully saturated rings. The van der Waals surface area contributed by atoms with Crippen molar-refractivity contribution < 1.29 is 14.6 Å². The van der Waals surface area contributed by atoms with Crippen molar-refractivity contribution in [3.05, 3.63) is 24.3 Å². The fraction of sp³-hybridized carbons (Fsp3) is 0.562. The van der Waals surface area contributed by atoms with E-state index < -0.39 is 5.54 Å². The van der Waals surface area contributed by atoms with Crippen LogP contribution in [0.15, 0.2) is 24.3 Å². The third-order valence-electron chi connectivity index (χ3n) is 3.73. The maximum Gasteiger partial charge on any atom is 0.319 e. The Morgan fingerprint density at radius 2 is 1.90 bits per heavy atom. The van der Waals surface area contributed by atoms with E-state index in [1.165, 1.54) is 0 Å². The smallest absolute Gasteiger partial charge is 0.319 e. The Kier molecular flexibility index (Phi) is 5.07. The van der Waals surface area contributed by atoms with Crippen LogP contribution < -0.4 is 15.4 Å². The predicted molar refractivity (Wildman–Crippen MR) is 82.6 cm³/mol. The van der Waals surface area contributed by atoms with Crippen molar-refractivity contribution in [3.8, 4) is 5.75 Å². The summed E-state index contributed by atoms with van der Waals surface area (Å²) < 4.78 is 5.55. The summed E-state index contributed by atoms with van der Waals surface area (Å²) in [6.07, 6.45) is 3.87. The Morgan fingerprint density at radius 1 is 1.29 bits per heavy atom. The summed E-state index contributed by atoms with van der Waals surface area (Å²) in [5.41, 5.74) is 0.250. The number of nitrogens with one attached hydrogen (secondary N) is 2. The molecule has 21 heavy (non-hydrogen) atoms. The minimum atomic E-state index is -0.454. The molecule has 2 amide bonds. The Labute approximate surface area is 125 Å². The molecular formula is C16H24N2O3. The second kappa shape index (κ2) is 6.80. The molecule has 5 heteroatoms. The maximum absolute atomic E-state index is 12.0. The van der Waals surface area contributed by atoms with Crippen LogP contribution in [-0.4, -0.2) is 29.4 Å². The normalized spacial score (nSPS) is 16.8. The molecule has 0 radical (unpaired) electrons. The second-order valence-corrected chi connectivity index (χ2v) is 5.92. The number of hydrogen-bond donors (Lipinski definition) is 3. The fourth-order valence-corrected chi connectivity index (χ4v) is 2.67. The molecule has 0 heterocycles. The number of carbonyl (C=O) groups is 1. The van der Waals surface area contributed by atoms with Gasteiger partial charge in [0, 0.05) is 5.69 Å². The summed E-state index contributed by atoms with van der Waals surface area (Å²) in [4.78, 5) is 12.0. The van der Waals surface area contributed by atoms with E-state index in [0.717, 1.165) is 31.4 Å². The van der Waals surface area contributed by atoms with Crippen LogP contribution in [0.5, 0.6) is 5.75 Å². The lowest BCUT2D eigenvalue weighted by Crippen LogP contribution is -2.50. The van der Waals surface area contributed by atoms with E-state index in [9.17, 15) is 9.90 Å². The maximum atomic E-state index is 12.0. The molecule has 0 aromatic heterocycles. The molecule has 0 aliphatic heterocycles. The van der Waals surface area contributed by atoms with Gasteiger partial charge in [0.15, 0.2) is 0 Å². The predicted octanol–water partition coefficient (Wildman–Crippen LogP) is 2.90. The van der Waals surface area contributed by atoms with E-state index in [-0.39, 0.29) is 18.7 Å². The van der Waals surface area contributed by atoms with E-state index in [2.05, 4.69) is 10.6 Å². The zero-order chi connectivity index (χ0) is 15.3. The van der Waals surface area contributed by atoms with Gasteiger partial charge >= 0.3 is 6.03 Å². The van der Waals surface area contributed by atoms with Gasteiger partial charge in [-0.15, -0.1) is 0 Å². The van der Waals surface area contributed by atoms with Crippen molar-refractivity contribution in [1.82, 2.24) is 5.32 Å². The zero-order valence-electron chi connectivity index (χ0n) is 12.7. The number of hydrogen-bond acceptors (Lipinski definition) is 3. The van der Waals surface area contributed by atoms with E-state index in [1.807, 2.05) is 26.0 Å². The number of ether oxygens (including phenoxy) is 1. The first kappa shape index (κ1) is 15.6. The fourth-order valence-electron chi connectivity index (χ4n) is 2.67. The third kappa shape index (κ3) is 4.36. The van der Waals surface area contributed by atoms with Crippen LogP contribution in [0.25, 0.3) is 0 Å². The number of rotatable bonds is 5. The quantitative estimate of drug-likeness (QED) is 0.781. The Hall–Kier alpha value is -1.75. The number of anilines is 1. The molecule has 1 aromatic rings. The standard InChI is InChI=1S/C16H24N2O3/c1-12(2)21-14-7-5-13(6-8-14)17-15(20)18-16(11-19)9-3-4-10-16/h5-8,12,19H,3-4,9-11H2,1-2H3,(H2,17,18,20). The highest BCUT2D eigenvalue weighted by Gasteiger charge is 2.34. The topological polar surface area (TPSA) is 70.6 Å². The SMILES string of the molecule is CC(C)Oc1ccc(NC(=O)NC2(CO)CCCC2)cc1. The summed E-state index contributed by atoms with van der Waals surface area (Å²) in [7, 11) is 0. The van der Waals surface area contributed by atoms with E-state index in [4.69, 9.17) is 4.74 Å². The van der Waals surface area contributed by atoms with Crippen molar-refractivity contribution in [2.75, 3.05) is 11.9 Å². The number of amides is 2. The second-order valence-electron chi connectivity index (χ2n) is 5.92. The summed E-state index contributed by atoms with van der Waals surface area (Å²) in [5, 5.41) is 15.2. The highest BCUT2D eigenvalue weighted by atomic mass is 16.5. The minimum absolute atomic E-state index is 0.0123. The van der Waals surface area contributed by atoms with Crippen molar-refractivity contribution in [2.24, 2.45) is 0 Å². The average molecular weight is 292 g/mol. The highest BCUT2D eigenvalue weighted by molar-refractivity contribution is 5.89. The molecule has 1 saturated carbocycles. The van der Waals surface area contributed by atoms with Gasteiger partial charge in [-0.1, -0.05) is 12.8 Å². The molecule has 0 saturated heterocycles. The van der Waals surface area contributed by atoms with E-state index >= 15 is 0 Å². The van der Waals surface area contributed by atoms with Crippen molar-refractivity contribution >= 4 is 11.7 Å². The molecular weight excluding hydrogens is 268 g/mol. The molecule has 116 valence electrons. The summed E-state index contributed by atoms with van der Waals surface area (Å²) in [5.74, 6) is 0.776. The average Bonchev–Trinajstić information content (AvgIpc) is 2.89. The van der Waals surface area contributed by atoms with Gasteiger partial charge in [-0.2, -0.15) is 0 Å². The summed E-state index contributed by atoms with van der Waals surface area (Å²) in [6, 6.07) is 6.98. The van der Waals surface area contributed by atoms with Crippen LogP contribution in [0.2, 0.25) is 0 Å². The first-order valence-corrected chi connectivity index (χ1v) is 7.50. The summed E-state index contributed by atoms with van der Waals surface area (Å²) in [6.45, 7) is 3.92. The van der Waals surface area contributed by atoms with Crippen LogP contribution in [0.1, 0.15) is 39.5 Å². The van der Waals surface area contributed by atoms with Gasteiger partial charge < -0.3 is 20.5 Å².